The fourth-order valence-corrected chi connectivity index (χ4v) is 3.23. The number of nitrogens with zero attached hydrogens (tertiary/aromatic N) is 2. The number of halogens is 3. The maximum atomic E-state index is 13.0. The Labute approximate surface area is 168 Å². The van der Waals surface area contributed by atoms with Crippen molar-refractivity contribution < 1.29 is 22.8 Å². The minimum absolute atomic E-state index is 0.0936. The SMILES string of the molecule is CCC(=O)N(Cc1cccc(C(F)(F)F)c1)C[C@@H]1CC(c2ccc(C)cc2)=NO1. The van der Waals surface area contributed by atoms with Gasteiger partial charge in [-0.15, -0.1) is 0 Å². The molecule has 1 heterocycles. The minimum Gasteiger partial charge on any atom is -0.390 e. The molecule has 4 nitrogen and oxygen atoms in total. The quantitative estimate of drug-likeness (QED) is 0.684. The molecule has 1 aliphatic rings. The topological polar surface area (TPSA) is 41.9 Å². The number of oxime groups is 1. The van der Waals surface area contributed by atoms with Crippen LogP contribution in [0.4, 0.5) is 13.2 Å². The fourth-order valence-electron chi connectivity index (χ4n) is 3.23. The van der Waals surface area contributed by atoms with Crippen LogP contribution in [0.15, 0.2) is 53.7 Å². The van der Waals surface area contributed by atoms with Gasteiger partial charge in [0.1, 0.15) is 0 Å². The molecule has 154 valence electrons. The van der Waals surface area contributed by atoms with Crippen molar-refractivity contribution in [2.45, 2.75) is 45.5 Å². The second-order valence-electron chi connectivity index (χ2n) is 7.16. The number of amides is 1. The highest BCUT2D eigenvalue weighted by Gasteiger charge is 2.31. The first kappa shape index (κ1) is 20.9. The summed E-state index contributed by atoms with van der Waals surface area (Å²) in [6, 6.07) is 13.0. The summed E-state index contributed by atoms with van der Waals surface area (Å²) in [5.41, 5.74) is 2.62. The van der Waals surface area contributed by atoms with Crippen LogP contribution in [0.1, 0.15) is 42.0 Å². The van der Waals surface area contributed by atoms with Gasteiger partial charge in [-0.3, -0.25) is 4.79 Å². The average molecular weight is 404 g/mol. The van der Waals surface area contributed by atoms with Crippen LogP contribution in [0.5, 0.6) is 0 Å². The van der Waals surface area contributed by atoms with Crippen LogP contribution < -0.4 is 0 Å². The Morgan fingerprint density at radius 3 is 2.59 bits per heavy atom. The van der Waals surface area contributed by atoms with Crippen molar-refractivity contribution in [2.24, 2.45) is 5.16 Å². The van der Waals surface area contributed by atoms with Crippen LogP contribution >= 0.6 is 0 Å². The molecule has 1 aliphatic heterocycles. The van der Waals surface area contributed by atoms with Gasteiger partial charge in [0.05, 0.1) is 17.8 Å². The third-order valence-electron chi connectivity index (χ3n) is 4.82. The predicted molar refractivity (Wildman–Crippen MR) is 104 cm³/mol. The highest BCUT2D eigenvalue weighted by molar-refractivity contribution is 6.01. The van der Waals surface area contributed by atoms with Crippen LogP contribution in [0.3, 0.4) is 0 Å². The molecule has 29 heavy (non-hydrogen) atoms. The van der Waals surface area contributed by atoms with E-state index < -0.39 is 11.7 Å². The van der Waals surface area contributed by atoms with E-state index in [-0.39, 0.29) is 31.5 Å². The number of carbonyl (C=O) groups is 1. The molecule has 1 amide bonds. The molecule has 0 saturated heterocycles. The van der Waals surface area contributed by atoms with Crippen molar-refractivity contribution in [1.29, 1.82) is 0 Å². The number of carbonyl (C=O) groups excluding carboxylic acids is 1. The van der Waals surface area contributed by atoms with Crippen LogP contribution in [0.25, 0.3) is 0 Å². The number of alkyl halides is 3. The van der Waals surface area contributed by atoms with E-state index in [4.69, 9.17) is 4.84 Å². The van der Waals surface area contributed by atoms with Gasteiger partial charge in [-0.25, -0.2) is 0 Å². The molecule has 0 spiro atoms. The van der Waals surface area contributed by atoms with Gasteiger partial charge >= 0.3 is 6.18 Å². The van der Waals surface area contributed by atoms with E-state index >= 15 is 0 Å². The van der Waals surface area contributed by atoms with Crippen LogP contribution in [-0.4, -0.2) is 29.2 Å². The Morgan fingerprint density at radius 2 is 1.93 bits per heavy atom. The molecule has 0 aromatic heterocycles. The van der Waals surface area contributed by atoms with Crippen LogP contribution in [-0.2, 0) is 22.4 Å². The molecule has 0 saturated carbocycles. The monoisotopic (exact) mass is 404 g/mol. The molecule has 0 unspecified atom stereocenters. The van der Waals surface area contributed by atoms with Crippen LogP contribution in [0, 0.1) is 6.92 Å². The van der Waals surface area contributed by atoms with Crippen molar-refractivity contribution in [3.05, 3.63) is 70.8 Å². The lowest BCUT2D eigenvalue weighted by molar-refractivity contribution is -0.137. The number of rotatable bonds is 6. The van der Waals surface area contributed by atoms with Gasteiger partial charge in [-0.1, -0.05) is 54.0 Å². The Hall–Kier alpha value is -2.83. The Morgan fingerprint density at radius 1 is 1.21 bits per heavy atom. The van der Waals surface area contributed by atoms with Crippen molar-refractivity contribution >= 4 is 11.6 Å². The van der Waals surface area contributed by atoms with Gasteiger partial charge < -0.3 is 9.74 Å². The molecule has 2 aromatic rings. The Bertz CT molecular complexity index is 892. The van der Waals surface area contributed by atoms with Crippen LogP contribution in [0.2, 0.25) is 0 Å². The summed E-state index contributed by atoms with van der Waals surface area (Å²) in [6.07, 6.45) is -3.94. The zero-order valence-corrected chi connectivity index (χ0v) is 16.4. The summed E-state index contributed by atoms with van der Waals surface area (Å²) in [4.78, 5) is 19.4. The lowest BCUT2D eigenvalue weighted by atomic mass is 10.0. The molecular weight excluding hydrogens is 381 g/mol. The summed E-state index contributed by atoms with van der Waals surface area (Å²) in [5, 5.41) is 4.14. The Kier molecular flexibility index (Phi) is 6.25. The van der Waals surface area contributed by atoms with E-state index in [1.54, 1.807) is 13.0 Å². The van der Waals surface area contributed by atoms with Crippen molar-refractivity contribution in [1.82, 2.24) is 4.90 Å². The average Bonchev–Trinajstić information content (AvgIpc) is 3.15. The third kappa shape index (κ3) is 5.37. The normalized spacial score (nSPS) is 16.3. The molecule has 0 fully saturated rings. The smallest absolute Gasteiger partial charge is 0.390 e. The van der Waals surface area contributed by atoms with E-state index in [0.29, 0.717) is 12.0 Å². The minimum atomic E-state index is -4.42. The summed E-state index contributed by atoms with van der Waals surface area (Å²) >= 11 is 0. The third-order valence-corrected chi connectivity index (χ3v) is 4.82. The highest BCUT2D eigenvalue weighted by atomic mass is 19.4. The molecule has 0 radical (unpaired) electrons. The summed E-state index contributed by atoms with van der Waals surface area (Å²) in [6.45, 7) is 4.09. The molecule has 7 heteroatoms. The van der Waals surface area contributed by atoms with Gasteiger partial charge in [-0.2, -0.15) is 13.2 Å². The molecule has 1 atom stereocenters. The van der Waals surface area contributed by atoms with E-state index in [0.717, 1.165) is 29.0 Å². The second-order valence-corrected chi connectivity index (χ2v) is 7.16. The first-order chi connectivity index (χ1) is 13.8. The lowest BCUT2D eigenvalue weighted by Crippen LogP contribution is -2.37. The Balaban J connectivity index is 1.68. The molecular formula is C22H23F3N2O2. The lowest BCUT2D eigenvalue weighted by Gasteiger charge is -2.25. The first-order valence-electron chi connectivity index (χ1n) is 9.50. The maximum absolute atomic E-state index is 13.0. The van der Waals surface area contributed by atoms with Gasteiger partial charge in [0.2, 0.25) is 5.91 Å². The standard InChI is InChI=1S/C22H23F3N2O2/c1-3-21(28)27(13-16-5-4-6-18(11-16)22(23,24)25)14-19-12-20(26-29-19)17-9-7-15(2)8-10-17/h4-11,19H,3,12-14H2,1-2H3/t19-/m0/s1. The number of benzene rings is 2. The molecule has 3 rings (SSSR count). The van der Waals surface area contributed by atoms with E-state index in [1.165, 1.54) is 11.0 Å². The second kappa shape index (κ2) is 8.68. The molecule has 0 bridgehead atoms. The largest absolute Gasteiger partial charge is 0.416 e. The van der Waals surface area contributed by atoms with E-state index in [1.807, 2.05) is 31.2 Å². The number of hydrogen-bond acceptors (Lipinski definition) is 3. The molecule has 0 aliphatic carbocycles. The van der Waals surface area contributed by atoms with E-state index in [9.17, 15) is 18.0 Å². The zero-order valence-electron chi connectivity index (χ0n) is 16.4. The summed E-state index contributed by atoms with van der Waals surface area (Å²) in [7, 11) is 0. The van der Waals surface area contributed by atoms with Crippen molar-refractivity contribution in [2.75, 3.05) is 6.54 Å². The fraction of sp³-hybridized carbons (Fsp3) is 0.364. The predicted octanol–water partition coefficient (Wildman–Crippen LogP) is 4.95. The van der Waals surface area contributed by atoms with Crippen molar-refractivity contribution in [3.63, 3.8) is 0 Å². The van der Waals surface area contributed by atoms with Gasteiger partial charge in [-0.05, 0) is 30.2 Å². The van der Waals surface area contributed by atoms with E-state index in [2.05, 4.69) is 5.16 Å². The number of hydrogen-bond donors (Lipinski definition) is 0. The first-order valence-corrected chi connectivity index (χ1v) is 9.50. The highest BCUT2D eigenvalue weighted by Crippen LogP contribution is 2.30. The zero-order chi connectivity index (χ0) is 21.0. The number of aryl methyl sites for hydroxylation is 1. The maximum Gasteiger partial charge on any atom is 0.416 e. The van der Waals surface area contributed by atoms with Gasteiger partial charge in [0.25, 0.3) is 0 Å². The molecule has 0 N–H and O–H groups in total. The molecule has 2 aromatic carbocycles. The summed E-state index contributed by atoms with van der Waals surface area (Å²) in [5.74, 6) is -0.144. The van der Waals surface area contributed by atoms with Gasteiger partial charge in [0.15, 0.2) is 6.10 Å². The summed E-state index contributed by atoms with van der Waals surface area (Å²) < 4.78 is 38.9. The van der Waals surface area contributed by atoms with Gasteiger partial charge in [0, 0.05) is 19.4 Å². The van der Waals surface area contributed by atoms with Crippen molar-refractivity contribution in [3.8, 4) is 0 Å².